The molecular weight excluding hydrogens is 228 g/mol. The van der Waals surface area contributed by atoms with E-state index in [9.17, 15) is 9.59 Å². The highest BCUT2D eigenvalue weighted by molar-refractivity contribution is 5.99. The van der Waals surface area contributed by atoms with Gasteiger partial charge in [-0.1, -0.05) is 13.3 Å². The van der Waals surface area contributed by atoms with E-state index >= 15 is 0 Å². The second-order valence-corrected chi connectivity index (χ2v) is 5.12. The number of amides is 1. The summed E-state index contributed by atoms with van der Waals surface area (Å²) >= 11 is 0. The third-order valence-electron chi connectivity index (χ3n) is 3.48. The molecule has 0 aliphatic carbocycles. The molecule has 0 bridgehead atoms. The topological polar surface area (TPSA) is 42.3 Å². The zero-order valence-electron chi connectivity index (χ0n) is 11.1. The van der Waals surface area contributed by atoms with Crippen LogP contribution in [0.4, 0.5) is 0 Å². The summed E-state index contributed by atoms with van der Waals surface area (Å²) in [6, 6.07) is 1.80. The first-order valence-corrected chi connectivity index (χ1v) is 6.53. The molecule has 0 radical (unpaired) electrons. The fourth-order valence-electron chi connectivity index (χ4n) is 2.54. The summed E-state index contributed by atoms with van der Waals surface area (Å²) in [6.45, 7) is 3.09. The highest BCUT2D eigenvalue weighted by atomic mass is 16.2. The zero-order valence-corrected chi connectivity index (χ0v) is 11.1. The van der Waals surface area contributed by atoms with Gasteiger partial charge in [0.2, 0.25) is 5.91 Å². The van der Waals surface area contributed by atoms with Gasteiger partial charge in [-0.25, -0.2) is 0 Å². The van der Waals surface area contributed by atoms with Gasteiger partial charge in [0.05, 0.1) is 6.54 Å². The number of ketones is 1. The molecule has 1 fully saturated rings. The van der Waals surface area contributed by atoms with Crippen molar-refractivity contribution in [2.75, 3.05) is 13.1 Å². The molecule has 4 nitrogen and oxygen atoms in total. The summed E-state index contributed by atoms with van der Waals surface area (Å²) in [4.78, 5) is 25.5. The van der Waals surface area contributed by atoms with E-state index in [2.05, 4.69) is 6.92 Å². The van der Waals surface area contributed by atoms with Crippen molar-refractivity contribution < 1.29 is 9.59 Å². The standard InChI is InChI=1S/C14H20N2O2/c1-3-4-11-7-14(18)16(8-11)10-13(17)12-5-6-15(2)9-12/h5-6,9,11H,3-4,7-8,10H2,1-2H3. The number of likely N-dealkylation sites (tertiary alicyclic amines) is 1. The van der Waals surface area contributed by atoms with Gasteiger partial charge in [-0.2, -0.15) is 0 Å². The first kappa shape index (κ1) is 12.9. The Morgan fingerprint density at radius 1 is 1.50 bits per heavy atom. The Balaban J connectivity index is 1.94. The van der Waals surface area contributed by atoms with Crippen LogP contribution in [0.5, 0.6) is 0 Å². The van der Waals surface area contributed by atoms with Gasteiger partial charge in [0, 0.05) is 38.0 Å². The van der Waals surface area contributed by atoms with Gasteiger partial charge in [0.15, 0.2) is 5.78 Å². The van der Waals surface area contributed by atoms with E-state index < -0.39 is 0 Å². The Morgan fingerprint density at radius 2 is 2.28 bits per heavy atom. The summed E-state index contributed by atoms with van der Waals surface area (Å²) in [7, 11) is 1.88. The molecule has 98 valence electrons. The van der Waals surface area contributed by atoms with E-state index in [-0.39, 0.29) is 18.2 Å². The fourth-order valence-corrected chi connectivity index (χ4v) is 2.54. The lowest BCUT2D eigenvalue weighted by atomic mass is 10.0. The van der Waals surface area contributed by atoms with E-state index in [0.29, 0.717) is 17.9 Å². The lowest BCUT2D eigenvalue weighted by Crippen LogP contribution is -2.31. The molecule has 4 heteroatoms. The quantitative estimate of drug-likeness (QED) is 0.746. The van der Waals surface area contributed by atoms with E-state index in [4.69, 9.17) is 0 Å². The fraction of sp³-hybridized carbons (Fsp3) is 0.571. The molecule has 1 amide bonds. The molecule has 1 aliphatic rings. The third kappa shape index (κ3) is 2.81. The molecule has 1 aromatic heterocycles. The zero-order chi connectivity index (χ0) is 13.1. The van der Waals surface area contributed by atoms with Gasteiger partial charge < -0.3 is 9.47 Å². The summed E-state index contributed by atoms with van der Waals surface area (Å²) < 4.78 is 1.85. The second-order valence-electron chi connectivity index (χ2n) is 5.12. The van der Waals surface area contributed by atoms with Gasteiger partial charge in [0.25, 0.3) is 0 Å². The lowest BCUT2D eigenvalue weighted by Gasteiger charge is -2.15. The second kappa shape index (κ2) is 5.38. The first-order valence-electron chi connectivity index (χ1n) is 6.53. The van der Waals surface area contributed by atoms with Crippen LogP contribution in [0.1, 0.15) is 36.5 Å². The maximum absolute atomic E-state index is 12.0. The Kier molecular flexibility index (Phi) is 3.84. The van der Waals surface area contributed by atoms with Crippen LogP contribution >= 0.6 is 0 Å². The van der Waals surface area contributed by atoms with Gasteiger partial charge >= 0.3 is 0 Å². The summed E-state index contributed by atoms with van der Waals surface area (Å²) in [6.07, 6.45) is 6.42. The van der Waals surface area contributed by atoms with Crippen molar-refractivity contribution in [1.82, 2.24) is 9.47 Å². The lowest BCUT2D eigenvalue weighted by molar-refractivity contribution is -0.127. The molecule has 2 rings (SSSR count). The van der Waals surface area contributed by atoms with Crippen LogP contribution in [0.15, 0.2) is 18.5 Å². The number of aryl methyl sites for hydroxylation is 1. The van der Waals surface area contributed by atoms with Crippen LogP contribution in [-0.2, 0) is 11.8 Å². The minimum atomic E-state index is 0.0288. The van der Waals surface area contributed by atoms with E-state index in [1.807, 2.05) is 17.8 Å². The SMILES string of the molecule is CCCC1CC(=O)N(CC(=O)c2ccn(C)c2)C1. The average molecular weight is 248 g/mol. The molecule has 1 atom stereocenters. The van der Waals surface area contributed by atoms with Crippen LogP contribution in [0, 0.1) is 5.92 Å². The number of rotatable bonds is 5. The number of carbonyl (C=O) groups is 2. The number of Topliss-reactive ketones (excluding diaryl/α,β-unsaturated/α-hetero) is 1. The predicted octanol–water partition coefficient (Wildman–Crippen LogP) is 1.86. The minimum absolute atomic E-state index is 0.0288. The normalized spacial score (nSPS) is 19.6. The van der Waals surface area contributed by atoms with Crippen molar-refractivity contribution in [2.45, 2.75) is 26.2 Å². The number of carbonyl (C=O) groups excluding carboxylic acids is 2. The van der Waals surface area contributed by atoms with Crippen LogP contribution in [0.3, 0.4) is 0 Å². The number of hydrogen-bond donors (Lipinski definition) is 0. The van der Waals surface area contributed by atoms with Gasteiger partial charge in [0.1, 0.15) is 0 Å². The molecule has 1 saturated heterocycles. The molecule has 0 saturated carbocycles. The smallest absolute Gasteiger partial charge is 0.223 e. The largest absolute Gasteiger partial charge is 0.357 e. The number of nitrogens with zero attached hydrogens (tertiary/aromatic N) is 2. The van der Waals surface area contributed by atoms with E-state index in [1.54, 1.807) is 17.2 Å². The summed E-state index contributed by atoms with van der Waals surface area (Å²) in [5.41, 5.74) is 0.684. The van der Waals surface area contributed by atoms with E-state index in [1.165, 1.54) is 0 Å². The third-order valence-corrected chi connectivity index (χ3v) is 3.48. The van der Waals surface area contributed by atoms with Gasteiger partial charge in [-0.05, 0) is 18.4 Å². The van der Waals surface area contributed by atoms with Gasteiger partial charge in [-0.15, -0.1) is 0 Å². The van der Waals surface area contributed by atoms with Crippen LogP contribution in [-0.4, -0.2) is 34.2 Å². The van der Waals surface area contributed by atoms with Crippen LogP contribution < -0.4 is 0 Å². The molecule has 0 N–H and O–H groups in total. The van der Waals surface area contributed by atoms with Crippen LogP contribution in [0.2, 0.25) is 0 Å². The van der Waals surface area contributed by atoms with E-state index in [0.717, 1.165) is 19.4 Å². The minimum Gasteiger partial charge on any atom is -0.357 e. The Bertz CT molecular complexity index is 450. The molecule has 1 aromatic rings. The summed E-state index contributed by atoms with van der Waals surface area (Å²) in [5.74, 6) is 0.588. The average Bonchev–Trinajstić information content (AvgIpc) is 2.87. The van der Waals surface area contributed by atoms with Crippen molar-refractivity contribution in [3.8, 4) is 0 Å². The Morgan fingerprint density at radius 3 is 2.89 bits per heavy atom. The van der Waals surface area contributed by atoms with Crippen molar-refractivity contribution in [2.24, 2.45) is 13.0 Å². The molecule has 0 aromatic carbocycles. The van der Waals surface area contributed by atoms with Crippen molar-refractivity contribution in [3.05, 3.63) is 24.0 Å². The molecule has 1 unspecified atom stereocenters. The predicted molar refractivity (Wildman–Crippen MR) is 69.3 cm³/mol. The Labute approximate surface area is 108 Å². The first-order chi connectivity index (χ1) is 8.60. The highest BCUT2D eigenvalue weighted by Crippen LogP contribution is 2.22. The molecule has 0 spiro atoms. The maximum Gasteiger partial charge on any atom is 0.223 e. The van der Waals surface area contributed by atoms with Crippen molar-refractivity contribution in [3.63, 3.8) is 0 Å². The Hall–Kier alpha value is -1.58. The summed E-state index contributed by atoms with van der Waals surface area (Å²) in [5, 5.41) is 0. The number of aromatic nitrogens is 1. The van der Waals surface area contributed by atoms with Crippen molar-refractivity contribution in [1.29, 1.82) is 0 Å². The van der Waals surface area contributed by atoms with Crippen molar-refractivity contribution >= 4 is 11.7 Å². The monoisotopic (exact) mass is 248 g/mol. The van der Waals surface area contributed by atoms with Crippen LogP contribution in [0.25, 0.3) is 0 Å². The number of hydrogen-bond acceptors (Lipinski definition) is 2. The molecular formula is C14H20N2O2. The molecule has 18 heavy (non-hydrogen) atoms. The van der Waals surface area contributed by atoms with Gasteiger partial charge in [-0.3, -0.25) is 9.59 Å². The molecule has 2 heterocycles. The highest BCUT2D eigenvalue weighted by Gasteiger charge is 2.30. The maximum atomic E-state index is 12.0. The molecule has 1 aliphatic heterocycles.